The molecule has 0 aliphatic carbocycles. The van der Waals surface area contributed by atoms with Gasteiger partial charge in [-0.15, -0.1) is 21.8 Å². The summed E-state index contributed by atoms with van der Waals surface area (Å²) in [4.78, 5) is 0. The van der Waals surface area contributed by atoms with E-state index in [4.69, 9.17) is 11.6 Å². The van der Waals surface area contributed by atoms with E-state index in [-0.39, 0.29) is 24.9 Å². The molecule has 1 aromatic heterocycles. The van der Waals surface area contributed by atoms with E-state index in [0.29, 0.717) is 4.57 Å². The lowest BCUT2D eigenvalue weighted by Gasteiger charge is -2.19. The maximum atomic E-state index is 13.2. The third-order valence-electron chi connectivity index (χ3n) is 2.10. The summed E-state index contributed by atoms with van der Waals surface area (Å²) in [6.45, 7) is -0.310. The maximum absolute atomic E-state index is 13.2. The average molecular weight is 294 g/mol. The minimum Gasteiger partial charge on any atom is -0.383 e. The number of hydrogen-bond donors (Lipinski definition) is 0. The summed E-state index contributed by atoms with van der Waals surface area (Å²) < 4.78 is 68.3. The van der Waals surface area contributed by atoms with Crippen molar-refractivity contribution in [3.63, 3.8) is 0 Å². The summed E-state index contributed by atoms with van der Waals surface area (Å²) in [6.07, 6.45) is -5.74. The van der Waals surface area contributed by atoms with Crippen LogP contribution in [0.1, 0.15) is 11.6 Å². The van der Waals surface area contributed by atoms with Crippen molar-refractivity contribution in [2.45, 2.75) is 24.5 Å². The van der Waals surface area contributed by atoms with E-state index in [0.717, 1.165) is 0 Å². The van der Waals surface area contributed by atoms with Crippen LogP contribution in [-0.4, -0.2) is 34.7 Å². The Balaban J connectivity index is 3.20. The average Bonchev–Trinajstić information content (AvgIpc) is 2.67. The Morgan fingerprint density at radius 2 is 1.83 bits per heavy atom. The van der Waals surface area contributed by atoms with Gasteiger partial charge in [-0.05, 0) is 0 Å². The van der Waals surface area contributed by atoms with Gasteiger partial charge in [-0.1, -0.05) is 0 Å². The Kier molecular flexibility index (Phi) is 4.49. The lowest BCUT2D eigenvalue weighted by Crippen LogP contribution is -2.37. The molecule has 0 saturated heterocycles. The van der Waals surface area contributed by atoms with E-state index in [1.807, 2.05) is 0 Å². The molecule has 0 fully saturated rings. The van der Waals surface area contributed by atoms with Crippen molar-refractivity contribution in [3.8, 4) is 0 Å². The van der Waals surface area contributed by atoms with Crippen LogP contribution >= 0.6 is 11.6 Å². The largest absolute Gasteiger partial charge is 0.461 e. The van der Waals surface area contributed by atoms with Gasteiger partial charge in [0.05, 0.1) is 12.5 Å². The molecule has 0 atom stereocenters. The van der Waals surface area contributed by atoms with Crippen molar-refractivity contribution in [3.05, 3.63) is 11.6 Å². The molecule has 0 saturated carbocycles. The Morgan fingerprint density at radius 1 is 1.22 bits per heavy atom. The number of ether oxygens (including phenoxy) is 1. The third-order valence-corrected chi connectivity index (χ3v) is 2.34. The number of rotatable bonds is 5. The zero-order valence-corrected chi connectivity index (χ0v) is 9.89. The standard InChI is InChI=1S/C8H9ClF5N3O/c1-18-3-2-17-5(4-9)15-16-6(17)7(10,11)8(12,13)14/h2-4H2,1H3. The van der Waals surface area contributed by atoms with Crippen LogP contribution in [0.2, 0.25) is 0 Å². The van der Waals surface area contributed by atoms with Crippen LogP contribution in [0, 0.1) is 0 Å². The Morgan fingerprint density at radius 3 is 2.28 bits per heavy atom. The van der Waals surface area contributed by atoms with Gasteiger partial charge in [-0.25, -0.2) is 0 Å². The summed E-state index contributed by atoms with van der Waals surface area (Å²) in [6, 6.07) is 0. The highest BCUT2D eigenvalue weighted by molar-refractivity contribution is 6.16. The molecule has 104 valence electrons. The van der Waals surface area contributed by atoms with Gasteiger partial charge in [0.25, 0.3) is 0 Å². The van der Waals surface area contributed by atoms with Gasteiger partial charge in [-0.3, -0.25) is 0 Å². The summed E-state index contributed by atoms with van der Waals surface area (Å²) in [5, 5.41) is 6.09. The molecule has 4 nitrogen and oxygen atoms in total. The number of alkyl halides is 6. The SMILES string of the molecule is COCCn1c(CCl)nnc1C(F)(F)C(F)(F)F. The van der Waals surface area contributed by atoms with Crippen LogP contribution in [0.4, 0.5) is 22.0 Å². The van der Waals surface area contributed by atoms with Gasteiger partial charge in [0.1, 0.15) is 5.82 Å². The first-order valence-corrected chi connectivity index (χ1v) is 5.21. The van der Waals surface area contributed by atoms with Crippen molar-refractivity contribution >= 4 is 11.6 Å². The summed E-state index contributed by atoms with van der Waals surface area (Å²) in [5.74, 6) is -7.07. The van der Waals surface area contributed by atoms with Gasteiger partial charge < -0.3 is 9.30 Å². The van der Waals surface area contributed by atoms with E-state index < -0.39 is 17.9 Å². The zero-order chi connectivity index (χ0) is 14.0. The van der Waals surface area contributed by atoms with Gasteiger partial charge in [0, 0.05) is 13.7 Å². The minimum absolute atomic E-state index is 0.0666. The molecule has 1 rings (SSSR count). The second-order valence-corrected chi connectivity index (χ2v) is 3.56. The first-order valence-electron chi connectivity index (χ1n) is 4.67. The number of methoxy groups -OCH3 is 1. The third kappa shape index (κ3) is 2.72. The highest BCUT2D eigenvalue weighted by atomic mass is 35.5. The van der Waals surface area contributed by atoms with E-state index in [9.17, 15) is 22.0 Å². The molecule has 1 heterocycles. The van der Waals surface area contributed by atoms with Gasteiger partial charge in [0.2, 0.25) is 5.82 Å². The van der Waals surface area contributed by atoms with Crippen LogP contribution < -0.4 is 0 Å². The molecule has 0 spiro atoms. The van der Waals surface area contributed by atoms with E-state index in [1.54, 1.807) is 0 Å². The number of hydrogen-bond acceptors (Lipinski definition) is 3. The zero-order valence-electron chi connectivity index (χ0n) is 9.14. The molecule has 0 aromatic carbocycles. The molecule has 0 N–H and O–H groups in total. The van der Waals surface area contributed by atoms with Crippen LogP contribution in [0.3, 0.4) is 0 Å². The van der Waals surface area contributed by atoms with Crippen molar-refractivity contribution < 1.29 is 26.7 Å². The monoisotopic (exact) mass is 293 g/mol. The molecule has 0 aliphatic rings. The smallest absolute Gasteiger partial charge is 0.383 e. The molecule has 10 heteroatoms. The van der Waals surface area contributed by atoms with Crippen LogP contribution in [0.25, 0.3) is 0 Å². The van der Waals surface area contributed by atoms with E-state index in [1.165, 1.54) is 7.11 Å². The highest BCUT2D eigenvalue weighted by Gasteiger charge is 2.62. The number of aromatic nitrogens is 3. The molecule has 0 radical (unpaired) electrons. The molecular weight excluding hydrogens is 285 g/mol. The van der Waals surface area contributed by atoms with E-state index >= 15 is 0 Å². The minimum atomic E-state index is -5.74. The quantitative estimate of drug-likeness (QED) is 0.618. The predicted molar refractivity (Wildman–Crippen MR) is 51.4 cm³/mol. The van der Waals surface area contributed by atoms with Crippen LogP contribution in [-0.2, 0) is 23.1 Å². The molecule has 0 amide bonds. The van der Waals surface area contributed by atoms with Crippen LogP contribution in [0.15, 0.2) is 0 Å². The number of halogens is 6. The van der Waals surface area contributed by atoms with Crippen molar-refractivity contribution in [2.75, 3.05) is 13.7 Å². The van der Waals surface area contributed by atoms with Gasteiger partial charge >= 0.3 is 12.1 Å². The van der Waals surface area contributed by atoms with Crippen molar-refractivity contribution in [2.24, 2.45) is 0 Å². The fourth-order valence-electron chi connectivity index (χ4n) is 1.21. The van der Waals surface area contributed by atoms with Gasteiger partial charge in [0.15, 0.2) is 0 Å². The molecule has 0 bridgehead atoms. The number of nitrogens with zero attached hydrogens (tertiary/aromatic N) is 3. The lowest BCUT2D eigenvalue weighted by atomic mass is 10.3. The highest BCUT2D eigenvalue weighted by Crippen LogP contribution is 2.43. The van der Waals surface area contributed by atoms with Gasteiger partial charge in [-0.2, -0.15) is 22.0 Å². The van der Waals surface area contributed by atoms with Crippen molar-refractivity contribution in [1.29, 1.82) is 0 Å². The summed E-state index contributed by atoms with van der Waals surface area (Å²) >= 11 is 5.40. The van der Waals surface area contributed by atoms with E-state index in [2.05, 4.69) is 14.9 Å². The summed E-state index contributed by atoms with van der Waals surface area (Å²) in [7, 11) is 1.28. The summed E-state index contributed by atoms with van der Waals surface area (Å²) in [5.41, 5.74) is 0. The lowest BCUT2D eigenvalue weighted by molar-refractivity contribution is -0.293. The van der Waals surface area contributed by atoms with Crippen LogP contribution in [0.5, 0.6) is 0 Å². The fourth-order valence-corrected chi connectivity index (χ4v) is 1.41. The fraction of sp³-hybridized carbons (Fsp3) is 0.750. The molecule has 18 heavy (non-hydrogen) atoms. The normalized spacial score (nSPS) is 13.1. The Labute approximate surface area is 104 Å². The first-order chi connectivity index (χ1) is 8.25. The topological polar surface area (TPSA) is 39.9 Å². The maximum Gasteiger partial charge on any atom is 0.461 e. The predicted octanol–water partition coefficient (Wildman–Crippen LogP) is 2.32. The molecule has 0 unspecified atom stereocenters. The first kappa shape index (κ1) is 15.1. The molecule has 0 aliphatic heterocycles. The Bertz CT molecular complexity index is 406. The molecule has 1 aromatic rings. The molecular formula is C8H9ClF5N3O. The second kappa shape index (κ2) is 5.35. The van der Waals surface area contributed by atoms with Crippen molar-refractivity contribution in [1.82, 2.24) is 14.8 Å². The Hall–Kier alpha value is -0.960. The second-order valence-electron chi connectivity index (χ2n) is 3.29.